The Kier molecular flexibility index (Phi) is 6.71. The van der Waals surface area contributed by atoms with Crippen LogP contribution < -0.4 is 9.47 Å². The zero-order valence-electron chi connectivity index (χ0n) is 15.1. The molecule has 0 bridgehead atoms. The Hall–Kier alpha value is -2.20. The highest BCUT2D eigenvalue weighted by Gasteiger charge is 2.20. The lowest BCUT2D eigenvalue weighted by Gasteiger charge is -2.27. The fourth-order valence-corrected chi connectivity index (χ4v) is 2.89. The fourth-order valence-electron chi connectivity index (χ4n) is 2.68. The first-order valence-electron chi connectivity index (χ1n) is 8.19. The SMILES string of the molecule is COc1ccc(OC)c(CC(=O)N(Cc2cccc(Cl)c2)C(C)C)c1. The second-order valence-corrected chi connectivity index (χ2v) is 6.54. The summed E-state index contributed by atoms with van der Waals surface area (Å²) in [5.41, 5.74) is 1.82. The van der Waals surface area contributed by atoms with E-state index in [1.165, 1.54) is 0 Å². The van der Waals surface area contributed by atoms with Crippen LogP contribution in [0.25, 0.3) is 0 Å². The molecule has 0 fully saturated rings. The van der Waals surface area contributed by atoms with Crippen molar-refractivity contribution in [1.82, 2.24) is 4.90 Å². The molecule has 2 aromatic rings. The zero-order valence-corrected chi connectivity index (χ0v) is 15.8. The number of hydrogen-bond donors (Lipinski definition) is 0. The summed E-state index contributed by atoms with van der Waals surface area (Å²) >= 11 is 6.06. The molecule has 2 aromatic carbocycles. The van der Waals surface area contributed by atoms with E-state index >= 15 is 0 Å². The second-order valence-electron chi connectivity index (χ2n) is 6.10. The largest absolute Gasteiger partial charge is 0.497 e. The third-order valence-electron chi connectivity index (χ3n) is 4.01. The van der Waals surface area contributed by atoms with Gasteiger partial charge in [0.05, 0.1) is 20.6 Å². The first kappa shape index (κ1) is 19.1. The maximum absolute atomic E-state index is 12.9. The first-order chi connectivity index (χ1) is 11.9. The number of ether oxygens (including phenoxy) is 2. The molecule has 0 aliphatic rings. The number of carbonyl (C=O) groups excluding carboxylic acids is 1. The van der Waals surface area contributed by atoms with Crippen LogP contribution in [0.2, 0.25) is 5.02 Å². The highest BCUT2D eigenvalue weighted by Crippen LogP contribution is 2.25. The number of rotatable bonds is 7. The van der Waals surface area contributed by atoms with E-state index in [2.05, 4.69) is 0 Å². The van der Waals surface area contributed by atoms with Gasteiger partial charge < -0.3 is 14.4 Å². The summed E-state index contributed by atoms with van der Waals surface area (Å²) in [4.78, 5) is 14.7. The minimum Gasteiger partial charge on any atom is -0.497 e. The van der Waals surface area contributed by atoms with Crippen molar-refractivity contribution in [3.8, 4) is 11.5 Å². The predicted octanol–water partition coefficient (Wildman–Crippen LogP) is 4.34. The Morgan fingerprint density at radius 2 is 1.88 bits per heavy atom. The molecule has 0 unspecified atom stereocenters. The number of nitrogens with zero attached hydrogens (tertiary/aromatic N) is 1. The van der Waals surface area contributed by atoms with E-state index in [-0.39, 0.29) is 18.4 Å². The normalized spacial score (nSPS) is 10.6. The Morgan fingerprint density at radius 1 is 1.12 bits per heavy atom. The van der Waals surface area contributed by atoms with Gasteiger partial charge in [-0.3, -0.25) is 4.79 Å². The van der Waals surface area contributed by atoms with E-state index in [0.717, 1.165) is 11.1 Å². The molecule has 4 nitrogen and oxygen atoms in total. The molecule has 0 spiro atoms. The van der Waals surface area contributed by atoms with Gasteiger partial charge in [-0.2, -0.15) is 0 Å². The van der Waals surface area contributed by atoms with Gasteiger partial charge >= 0.3 is 0 Å². The van der Waals surface area contributed by atoms with Gasteiger partial charge in [-0.1, -0.05) is 23.7 Å². The lowest BCUT2D eigenvalue weighted by atomic mass is 10.1. The standard InChI is InChI=1S/C20H24ClNO3/c1-14(2)22(13-15-6-5-7-17(21)10-15)20(23)12-16-11-18(24-3)8-9-19(16)25-4/h5-11,14H,12-13H2,1-4H3. The maximum atomic E-state index is 12.9. The van der Waals surface area contributed by atoms with Crippen molar-refractivity contribution in [2.75, 3.05) is 14.2 Å². The summed E-state index contributed by atoms with van der Waals surface area (Å²) in [5.74, 6) is 1.41. The monoisotopic (exact) mass is 361 g/mol. The van der Waals surface area contributed by atoms with Gasteiger partial charge in [0.25, 0.3) is 0 Å². The third-order valence-corrected chi connectivity index (χ3v) is 4.25. The predicted molar refractivity (Wildman–Crippen MR) is 100 cm³/mol. The molecule has 2 rings (SSSR count). The molecule has 0 aromatic heterocycles. The summed E-state index contributed by atoms with van der Waals surface area (Å²) in [6.45, 7) is 4.53. The van der Waals surface area contributed by atoms with Crippen LogP contribution in [-0.2, 0) is 17.8 Å². The van der Waals surface area contributed by atoms with Crippen molar-refractivity contribution in [2.24, 2.45) is 0 Å². The average molecular weight is 362 g/mol. The molecule has 0 heterocycles. The first-order valence-corrected chi connectivity index (χ1v) is 8.57. The summed E-state index contributed by atoms with van der Waals surface area (Å²) in [7, 11) is 3.20. The van der Waals surface area contributed by atoms with Crippen molar-refractivity contribution in [2.45, 2.75) is 32.9 Å². The lowest BCUT2D eigenvalue weighted by Crippen LogP contribution is -2.37. The van der Waals surface area contributed by atoms with E-state index in [0.29, 0.717) is 23.1 Å². The number of carbonyl (C=O) groups is 1. The third kappa shape index (κ3) is 5.13. The van der Waals surface area contributed by atoms with Gasteiger partial charge in [0.1, 0.15) is 11.5 Å². The average Bonchev–Trinajstić information content (AvgIpc) is 2.59. The van der Waals surface area contributed by atoms with Crippen molar-refractivity contribution < 1.29 is 14.3 Å². The van der Waals surface area contributed by atoms with Gasteiger partial charge in [-0.25, -0.2) is 0 Å². The summed E-state index contributed by atoms with van der Waals surface area (Å²) in [6, 6.07) is 13.1. The Bertz CT molecular complexity index is 731. The van der Waals surface area contributed by atoms with Gasteiger partial charge in [0, 0.05) is 23.2 Å². The molecule has 0 radical (unpaired) electrons. The van der Waals surface area contributed by atoms with Gasteiger partial charge in [0.2, 0.25) is 5.91 Å². The molecule has 0 aliphatic heterocycles. The van der Waals surface area contributed by atoms with Crippen LogP contribution in [0.5, 0.6) is 11.5 Å². The summed E-state index contributed by atoms with van der Waals surface area (Å²) in [5, 5.41) is 0.670. The number of amides is 1. The topological polar surface area (TPSA) is 38.8 Å². The quantitative estimate of drug-likeness (QED) is 0.736. The number of benzene rings is 2. The second kappa shape index (κ2) is 8.77. The van der Waals surface area contributed by atoms with Crippen molar-refractivity contribution in [1.29, 1.82) is 0 Å². The van der Waals surface area contributed by atoms with E-state index < -0.39 is 0 Å². The fraction of sp³-hybridized carbons (Fsp3) is 0.350. The molecule has 0 saturated carbocycles. The Labute approximate surface area is 154 Å². The molecule has 1 amide bonds. The number of hydrogen-bond acceptors (Lipinski definition) is 3. The molecule has 0 aliphatic carbocycles. The highest BCUT2D eigenvalue weighted by atomic mass is 35.5. The van der Waals surface area contributed by atoms with Crippen LogP contribution in [0.3, 0.4) is 0 Å². The van der Waals surface area contributed by atoms with Crippen LogP contribution in [0.1, 0.15) is 25.0 Å². The van der Waals surface area contributed by atoms with Crippen LogP contribution in [-0.4, -0.2) is 31.1 Å². The molecule has 0 saturated heterocycles. The van der Waals surface area contributed by atoms with Crippen LogP contribution in [0.4, 0.5) is 0 Å². The minimum atomic E-state index is 0.0292. The number of methoxy groups -OCH3 is 2. The maximum Gasteiger partial charge on any atom is 0.227 e. The van der Waals surface area contributed by atoms with Crippen LogP contribution in [0.15, 0.2) is 42.5 Å². The molecular formula is C20H24ClNO3. The summed E-state index contributed by atoms with van der Waals surface area (Å²) in [6.07, 6.45) is 0.249. The molecule has 134 valence electrons. The van der Waals surface area contributed by atoms with Gasteiger partial charge in [-0.15, -0.1) is 0 Å². The molecule has 5 heteroatoms. The zero-order chi connectivity index (χ0) is 18.4. The molecular weight excluding hydrogens is 338 g/mol. The van der Waals surface area contributed by atoms with Crippen molar-refractivity contribution in [3.05, 3.63) is 58.6 Å². The van der Waals surface area contributed by atoms with Gasteiger partial charge in [0.15, 0.2) is 0 Å². The Balaban J connectivity index is 2.21. The van der Waals surface area contributed by atoms with Crippen molar-refractivity contribution in [3.63, 3.8) is 0 Å². The van der Waals surface area contributed by atoms with Crippen LogP contribution in [0, 0.1) is 0 Å². The van der Waals surface area contributed by atoms with E-state index in [4.69, 9.17) is 21.1 Å². The van der Waals surface area contributed by atoms with Gasteiger partial charge in [-0.05, 0) is 49.7 Å². The molecule has 0 atom stereocenters. The van der Waals surface area contributed by atoms with E-state index in [9.17, 15) is 4.79 Å². The Morgan fingerprint density at radius 3 is 2.48 bits per heavy atom. The highest BCUT2D eigenvalue weighted by molar-refractivity contribution is 6.30. The van der Waals surface area contributed by atoms with Crippen LogP contribution >= 0.6 is 11.6 Å². The lowest BCUT2D eigenvalue weighted by molar-refractivity contribution is -0.132. The van der Waals surface area contributed by atoms with E-state index in [1.807, 2.05) is 61.2 Å². The summed E-state index contributed by atoms with van der Waals surface area (Å²) < 4.78 is 10.6. The molecule has 0 N–H and O–H groups in total. The minimum absolute atomic E-state index is 0.0292. The molecule has 25 heavy (non-hydrogen) atoms. The number of halogens is 1. The smallest absolute Gasteiger partial charge is 0.227 e. The van der Waals surface area contributed by atoms with E-state index in [1.54, 1.807) is 14.2 Å². The van der Waals surface area contributed by atoms with Crippen molar-refractivity contribution >= 4 is 17.5 Å².